The predicted octanol–water partition coefficient (Wildman–Crippen LogP) is 3.43. The van der Waals surface area contributed by atoms with Crippen LogP contribution in [0.25, 0.3) is 0 Å². The lowest BCUT2D eigenvalue weighted by Crippen LogP contribution is -2.30. The summed E-state index contributed by atoms with van der Waals surface area (Å²) in [5.41, 5.74) is 1.46. The van der Waals surface area contributed by atoms with E-state index in [2.05, 4.69) is 0 Å². The van der Waals surface area contributed by atoms with E-state index in [-0.39, 0.29) is 18.7 Å². The third-order valence-electron chi connectivity index (χ3n) is 3.25. The first-order valence-corrected chi connectivity index (χ1v) is 8.13. The molecule has 1 aromatic carbocycles. The van der Waals surface area contributed by atoms with Crippen LogP contribution in [0.1, 0.15) is 56.5 Å². The molecule has 1 aliphatic rings. The maximum atomic E-state index is 12.0. The maximum Gasteiger partial charge on any atom is 0.338 e. The van der Waals surface area contributed by atoms with E-state index in [9.17, 15) is 9.90 Å². The molecule has 0 saturated carbocycles. The number of esters is 1. The molecule has 2 atom stereocenters. The molecule has 2 unspecified atom stereocenters. The summed E-state index contributed by atoms with van der Waals surface area (Å²) in [6.07, 6.45) is 0.774. The smallest absolute Gasteiger partial charge is 0.338 e. The van der Waals surface area contributed by atoms with Crippen molar-refractivity contribution in [3.8, 4) is 0 Å². The number of hydrogen-bond acceptors (Lipinski definition) is 5. The first kappa shape index (κ1) is 19.6. The second kappa shape index (κ2) is 9.01. The number of carbonyl (C=O) groups is 1. The Morgan fingerprint density at radius 2 is 1.96 bits per heavy atom. The molecule has 0 spiro atoms. The summed E-state index contributed by atoms with van der Waals surface area (Å²) in [6, 6.07) is 7.30. The molecule has 0 bridgehead atoms. The van der Waals surface area contributed by atoms with Gasteiger partial charge < -0.3 is 19.3 Å². The van der Waals surface area contributed by atoms with Gasteiger partial charge in [0.05, 0.1) is 11.7 Å². The van der Waals surface area contributed by atoms with Crippen LogP contribution in [0.2, 0.25) is 0 Å². The molecule has 130 valence electrons. The van der Waals surface area contributed by atoms with Gasteiger partial charge in [0, 0.05) is 6.42 Å². The highest BCUT2D eigenvalue weighted by atomic mass is 16.7. The van der Waals surface area contributed by atoms with E-state index in [1.807, 2.05) is 39.0 Å². The maximum absolute atomic E-state index is 12.0. The molecule has 1 saturated heterocycles. The molecule has 1 aliphatic heterocycles. The average Bonchev–Trinajstić information content (AvgIpc) is 2.93. The van der Waals surface area contributed by atoms with Gasteiger partial charge in [0.15, 0.2) is 12.1 Å². The number of aliphatic hydroxyl groups is 1. The Labute approximate surface area is 138 Å². The van der Waals surface area contributed by atoms with Crippen LogP contribution in [0.4, 0.5) is 0 Å². The molecule has 1 fully saturated rings. The molecule has 5 nitrogen and oxygen atoms in total. The fourth-order valence-electron chi connectivity index (χ4n) is 2.25. The summed E-state index contributed by atoms with van der Waals surface area (Å²) < 4.78 is 16.2. The van der Waals surface area contributed by atoms with E-state index in [0.29, 0.717) is 12.0 Å². The number of benzene rings is 1. The molecular weight excluding hydrogens is 296 g/mol. The van der Waals surface area contributed by atoms with Crippen LogP contribution in [0, 0.1) is 6.92 Å². The van der Waals surface area contributed by atoms with E-state index in [4.69, 9.17) is 14.2 Å². The summed E-state index contributed by atoms with van der Waals surface area (Å²) in [5, 5.41) is 9.57. The van der Waals surface area contributed by atoms with Crippen molar-refractivity contribution in [2.24, 2.45) is 0 Å². The Kier molecular flexibility index (Phi) is 7.68. The lowest BCUT2D eigenvalue weighted by molar-refractivity contribution is -0.270. The SMILES string of the molecule is CC.Cc1ccccc1C(=O)OCC1CCC(OC(C)(C)O)O1. The van der Waals surface area contributed by atoms with Crippen molar-refractivity contribution >= 4 is 5.97 Å². The van der Waals surface area contributed by atoms with Crippen LogP contribution in [-0.4, -0.2) is 35.9 Å². The van der Waals surface area contributed by atoms with Crippen molar-refractivity contribution in [1.82, 2.24) is 0 Å². The van der Waals surface area contributed by atoms with Gasteiger partial charge >= 0.3 is 5.97 Å². The van der Waals surface area contributed by atoms with Gasteiger partial charge in [-0.15, -0.1) is 0 Å². The Morgan fingerprint density at radius 3 is 2.57 bits per heavy atom. The largest absolute Gasteiger partial charge is 0.459 e. The van der Waals surface area contributed by atoms with Crippen LogP contribution >= 0.6 is 0 Å². The molecule has 1 N–H and O–H groups in total. The lowest BCUT2D eigenvalue weighted by Gasteiger charge is -2.23. The quantitative estimate of drug-likeness (QED) is 0.664. The minimum atomic E-state index is -1.22. The summed E-state index contributed by atoms with van der Waals surface area (Å²) in [4.78, 5) is 12.0. The van der Waals surface area contributed by atoms with Gasteiger partial charge in [-0.3, -0.25) is 0 Å². The van der Waals surface area contributed by atoms with Crippen molar-refractivity contribution < 1.29 is 24.1 Å². The van der Waals surface area contributed by atoms with Gasteiger partial charge in [0.25, 0.3) is 0 Å². The first-order valence-electron chi connectivity index (χ1n) is 8.13. The Morgan fingerprint density at radius 1 is 1.30 bits per heavy atom. The highest BCUT2D eigenvalue weighted by Gasteiger charge is 2.31. The zero-order valence-corrected chi connectivity index (χ0v) is 14.7. The van der Waals surface area contributed by atoms with Crippen molar-refractivity contribution in [1.29, 1.82) is 0 Å². The number of ether oxygens (including phenoxy) is 3. The number of hydrogen-bond donors (Lipinski definition) is 1. The molecule has 0 aromatic heterocycles. The van der Waals surface area contributed by atoms with Gasteiger partial charge in [-0.25, -0.2) is 4.79 Å². The molecule has 0 aliphatic carbocycles. The van der Waals surface area contributed by atoms with E-state index >= 15 is 0 Å². The second-order valence-corrected chi connectivity index (χ2v) is 5.74. The molecular formula is C18H28O5. The van der Waals surface area contributed by atoms with Crippen LogP contribution in [0.3, 0.4) is 0 Å². The monoisotopic (exact) mass is 324 g/mol. The topological polar surface area (TPSA) is 65.0 Å². The second-order valence-electron chi connectivity index (χ2n) is 5.74. The van der Waals surface area contributed by atoms with Crippen molar-refractivity contribution in [2.45, 2.75) is 65.6 Å². The molecule has 1 aromatic rings. The summed E-state index contributed by atoms with van der Waals surface area (Å²) in [7, 11) is 0. The van der Waals surface area contributed by atoms with Crippen LogP contribution in [-0.2, 0) is 14.2 Å². The molecule has 2 rings (SSSR count). The fraction of sp³-hybridized carbons (Fsp3) is 0.611. The van der Waals surface area contributed by atoms with Crippen molar-refractivity contribution in [3.63, 3.8) is 0 Å². The zero-order valence-electron chi connectivity index (χ0n) is 14.7. The van der Waals surface area contributed by atoms with E-state index in [0.717, 1.165) is 12.0 Å². The standard InChI is InChI=1S/C16H22O5.C2H6/c1-11-6-4-5-7-13(11)15(17)19-10-12-8-9-14(20-12)21-16(2,3)18;1-2/h4-7,12,14,18H,8-10H2,1-3H3;1-2H3. The van der Waals surface area contributed by atoms with Gasteiger partial charge in [-0.1, -0.05) is 32.0 Å². The third-order valence-corrected chi connectivity index (χ3v) is 3.25. The minimum Gasteiger partial charge on any atom is -0.459 e. The summed E-state index contributed by atoms with van der Waals surface area (Å²) >= 11 is 0. The minimum absolute atomic E-state index is 0.190. The van der Waals surface area contributed by atoms with Crippen LogP contribution in [0.5, 0.6) is 0 Å². The van der Waals surface area contributed by atoms with Crippen LogP contribution < -0.4 is 0 Å². The normalized spacial score (nSPS) is 20.6. The molecule has 23 heavy (non-hydrogen) atoms. The Balaban J connectivity index is 0.00000127. The summed E-state index contributed by atoms with van der Waals surface area (Å²) in [6.45, 7) is 9.18. The third kappa shape index (κ3) is 6.69. The van der Waals surface area contributed by atoms with Crippen molar-refractivity contribution in [2.75, 3.05) is 6.61 Å². The lowest BCUT2D eigenvalue weighted by atomic mass is 10.1. The van der Waals surface area contributed by atoms with Gasteiger partial charge in [-0.05, 0) is 38.8 Å². The fourth-order valence-corrected chi connectivity index (χ4v) is 2.25. The zero-order chi connectivity index (χ0) is 17.5. The van der Waals surface area contributed by atoms with E-state index in [1.54, 1.807) is 19.9 Å². The van der Waals surface area contributed by atoms with Gasteiger partial charge in [0.1, 0.15) is 6.61 Å². The van der Waals surface area contributed by atoms with Crippen LogP contribution in [0.15, 0.2) is 24.3 Å². The van der Waals surface area contributed by atoms with Crippen molar-refractivity contribution in [3.05, 3.63) is 35.4 Å². The number of carbonyl (C=O) groups excluding carboxylic acids is 1. The summed E-state index contributed by atoms with van der Waals surface area (Å²) in [5.74, 6) is -1.57. The van der Waals surface area contributed by atoms with Gasteiger partial charge in [-0.2, -0.15) is 0 Å². The number of aryl methyl sites for hydroxylation is 1. The Bertz CT molecular complexity index is 492. The van der Waals surface area contributed by atoms with E-state index in [1.165, 1.54) is 0 Å². The molecule has 0 radical (unpaired) electrons. The molecule has 1 heterocycles. The predicted molar refractivity (Wildman–Crippen MR) is 88.1 cm³/mol. The van der Waals surface area contributed by atoms with Gasteiger partial charge in [0.2, 0.25) is 0 Å². The Hall–Kier alpha value is -1.43. The molecule has 5 heteroatoms. The highest BCUT2D eigenvalue weighted by Crippen LogP contribution is 2.24. The first-order chi connectivity index (χ1) is 10.8. The number of rotatable bonds is 5. The average molecular weight is 324 g/mol. The molecule has 0 amide bonds. The van der Waals surface area contributed by atoms with E-state index < -0.39 is 12.1 Å². The highest BCUT2D eigenvalue weighted by molar-refractivity contribution is 5.90.